The molecule has 2 aromatic rings. The van der Waals surface area contributed by atoms with Crippen molar-refractivity contribution in [1.29, 1.82) is 0 Å². The number of aromatic nitrogens is 2. The standard InChI is InChI=1S/C18H24ClN5.HI/c1-20-17(21-12-16-8-11-23-24(16)2)22-13-18(9-3-10-18)14-4-6-15(19)7-5-14;/h4-8,11H,3,9-10,12-13H2,1-2H3,(H2,20,21,22);1H. The molecule has 0 atom stereocenters. The van der Waals surface area contributed by atoms with E-state index in [4.69, 9.17) is 11.6 Å². The van der Waals surface area contributed by atoms with E-state index in [0.29, 0.717) is 6.54 Å². The molecule has 25 heavy (non-hydrogen) atoms. The van der Waals surface area contributed by atoms with Crippen molar-refractivity contribution in [1.82, 2.24) is 20.4 Å². The lowest BCUT2D eigenvalue weighted by atomic mass is 9.64. The molecule has 136 valence electrons. The Bertz CT molecular complexity index is 707. The van der Waals surface area contributed by atoms with Gasteiger partial charge in [0.25, 0.3) is 0 Å². The zero-order chi connectivity index (χ0) is 17.0. The Kier molecular flexibility index (Phi) is 7.13. The van der Waals surface area contributed by atoms with Gasteiger partial charge in [-0.15, -0.1) is 24.0 Å². The first kappa shape index (κ1) is 20.0. The van der Waals surface area contributed by atoms with Gasteiger partial charge < -0.3 is 10.6 Å². The molecule has 1 aliphatic carbocycles. The first-order valence-electron chi connectivity index (χ1n) is 8.30. The molecule has 0 saturated heterocycles. The van der Waals surface area contributed by atoms with Crippen LogP contribution in [0, 0.1) is 0 Å². The average molecular weight is 474 g/mol. The van der Waals surface area contributed by atoms with E-state index in [1.54, 1.807) is 13.2 Å². The number of benzene rings is 1. The number of hydrogen-bond donors (Lipinski definition) is 2. The lowest BCUT2D eigenvalue weighted by Gasteiger charge is -2.43. The molecule has 1 saturated carbocycles. The van der Waals surface area contributed by atoms with Gasteiger partial charge >= 0.3 is 0 Å². The predicted octanol–water partition coefficient (Wildman–Crippen LogP) is 3.48. The summed E-state index contributed by atoms with van der Waals surface area (Å²) in [5.74, 6) is 0.816. The van der Waals surface area contributed by atoms with Crippen LogP contribution >= 0.6 is 35.6 Å². The molecule has 5 nitrogen and oxygen atoms in total. The molecule has 0 aliphatic heterocycles. The highest BCUT2D eigenvalue weighted by Gasteiger charge is 2.38. The Morgan fingerprint density at radius 1 is 1.24 bits per heavy atom. The minimum absolute atomic E-state index is 0. The maximum atomic E-state index is 6.02. The third-order valence-electron chi connectivity index (χ3n) is 4.94. The van der Waals surface area contributed by atoms with Crippen molar-refractivity contribution in [3.63, 3.8) is 0 Å². The fourth-order valence-electron chi connectivity index (χ4n) is 3.20. The summed E-state index contributed by atoms with van der Waals surface area (Å²) in [4.78, 5) is 4.33. The van der Waals surface area contributed by atoms with E-state index in [9.17, 15) is 0 Å². The molecule has 0 bridgehead atoms. The summed E-state index contributed by atoms with van der Waals surface area (Å²) in [7, 11) is 3.74. The molecular weight excluding hydrogens is 449 g/mol. The number of nitrogens with zero attached hydrogens (tertiary/aromatic N) is 3. The molecule has 0 radical (unpaired) electrons. The topological polar surface area (TPSA) is 54.2 Å². The van der Waals surface area contributed by atoms with E-state index in [1.165, 1.54) is 24.8 Å². The van der Waals surface area contributed by atoms with E-state index in [1.807, 2.05) is 29.9 Å². The van der Waals surface area contributed by atoms with E-state index in [2.05, 4.69) is 32.9 Å². The Hall–Kier alpha value is -1.28. The van der Waals surface area contributed by atoms with Crippen LogP contribution in [0.15, 0.2) is 41.5 Å². The minimum atomic E-state index is 0. The van der Waals surface area contributed by atoms with Gasteiger partial charge in [-0.1, -0.05) is 30.2 Å². The molecule has 0 amide bonds. The molecule has 1 aromatic carbocycles. The number of rotatable bonds is 5. The van der Waals surface area contributed by atoms with Crippen LogP contribution in [-0.4, -0.2) is 29.3 Å². The third kappa shape index (κ3) is 4.67. The van der Waals surface area contributed by atoms with Gasteiger partial charge in [0.05, 0.1) is 12.2 Å². The zero-order valence-electron chi connectivity index (χ0n) is 14.6. The molecule has 1 aliphatic rings. The van der Waals surface area contributed by atoms with Gasteiger partial charge in [-0.2, -0.15) is 5.10 Å². The summed E-state index contributed by atoms with van der Waals surface area (Å²) >= 11 is 6.02. The van der Waals surface area contributed by atoms with Gasteiger partial charge in [0.1, 0.15) is 0 Å². The highest BCUT2D eigenvalue weighted by Crippen LogP contribution is 2.43. The smallest absolute Gasteiger partial charge is 0.191 e. The highest BCUT2D eigenvalue weighted by atomic mass is 127. The van der Waals surface area contributed by atoms with E-state index in [0.717, 1.165) is 23.2 Å². The summed E-state index contributed by atoms with van der Waals surface area (Å²) in [6.45, 7) is 1.57. The maximum absolute atomic E-state index is 6.02. The SMILES string of the molecule is CN=C(NCc1ccnn1C)NCC1(c2ccc(Cl)cc2)CCC1.I. The number of halogens is 2. The molecule has 3 rings (SSSR count). The second-order valence-electron chi connectivity index (χ2n) is 6.37. The van der Waals surface area contributed by atoms with Gasteiger partial charge in [-0.25, -0.2) is 0 Å². The minimum Gasteiger partial charge on any atom is -0.356 e. The molecule has 1 fully saturated rings. The largest absolute Gasteiger partial charge is 0.356 e. The van der Waals surface area contributed by atoms with Crippen LogP contribution in [0.3, 0.4) is 0 Å². The third-order valence-corrected chi connectivity index (χ3v) is 5.20. The lowest BCUT2D eigenvalue weighted by Crippen LogP contribution is -2.48. The summed E-state index contributed by atoms with van der Waals surface area (Å²) < 4.78 is 1.86. The monoisotopic (exact) mass is 473 g/mol. The van der Waals surface area contributed by atoms with Crippen molar-refractivity contribution in [2.24, 2.45) is 12.0 Å². The van der Waals surface area contributed by atoms with Gasteiger partial charge in [0.15, 0.2) is 5.96 Å². The second kappa shape index (κ2) is 8.89. The maximum Gasteiger partial charge on any atom is 0.191 e. The summed E-state index contributed by atoms with van der Waals surface area (Å²) in [5.41, 5.74) is 2.66. The van der Waals surface area contributed by atoms with E-state index in [-0.39, 0.29) is 29.4 Å². The number of nitrogens with one attached hydrogen (secondary N) is 2. The number of aliphatic imine (C=N–C) groups is 1. The van der Waals surface area contributed by atoms with Crippen LogP contribution in [0.2, 0.25) is 5.02 Å². The zero-order valence-corrected chi connectivity index (χ0v) is 17.7. The van der Waals surface area contributed by atoms with Crippen molar-refractivity contribution in [2.75, 3.05) is 13.6 Å². The predicted molar refractivity (Wildman–Crippen MR) is 114 cm³/mol. The van der Waals surface area contributed by atoms with Crippen molar-refractivity contribution < 1.29 is 0 Å². The van der Waals surface area contributed by atoms with Crippen molar-refractivity contribution in [3.05, 3.63) is 52.8 Å². The summed E-state index contributed by atoms with van der Waals surface area (Å²) in [6, 6.07) is 10.3. The number of hydrogen-bond acceptors (Lipinski definition) is 2. The fraction of sp³-hybridized carbons (Fsp3) is 0.444. The van der Waals surface area contributed by atoms with Crippen LogP contribution in [0.5, 0.6) is 0 Å². The molecule has 2 N–H and O–H groups in total. The van der Waals surface area contributed by atoms with Crippen LogP contribution < -0.4 is 10.6 Å². The first-order chi connectivity index (χ1) is 11.6. The van der Waals surface area contributed by atoms with Crippen molar-refractivity contribution >= 4 is 41.5 Å². The number of aryl methyl sites for hydroxylation is 1. The van der Waals surface area contributed by atoms with Crippen LogP contribution in [0.25, 0.3) is 0 Å². The summed E-state index contributed by atoms with van der Waals surface area (Å²) in [6.07, 6.45) is 5.46. The second-order valence-corrected chi connectivity index (χ2v) is 6.80. The van der Waals surface area contributed by atoms with E-state index < -0.39 is 0 Å². The molecule has 1 aromatic heterocycles. The van der Waals surface area contributed by atoms with Gasteiger partial charge in [0, 0.05) is 37.3 Å². The Labute approximate surface area is 171 Å². The lowest BCUT2D eigenvalue weighted by molar-refractivity contribution is 0.244. The van der Waals surface area contributed by atoms with Gasteiger partial charge in [-0.3, -0.25) is 9.67 Å². The fourth-order valence-corrected chi connectivity index (χ4v) is 3.32. The number of guanidine groups is 1. The molecule has 0 spiro atoms. The highest BCUT2D eigenvalue weighted by molar-refractivity contribution is 14.0. The molecule has 1 heterocycles. The van der Waals surface area contributed by atoms with Gasteiger partial charge in [-0.05, 0) is 36.6 Å². The van der Waals surface area contributed by atoms with E-state index >= 15 is 0 Å². The van der Waals surface area contributed by atoms with Crippen molar-refractivity contribution in [2.45, 2.75) is 31.2 Å². The first-order valence-corrected chi connectivity index (χ1v) is 8.68. The van der Waals surface area contributed by atoms with Gasteiger partial charge in [0.2, 0.25) is 0 Å². The Balaban J connectivity index is 0.00000225. The van der Waals surface area contributed by atoms with Crippen LogP contribution in [0.4, 0.5) is 0 Å². The molecule has 7 heteroatoms. The molecule has 0 unspecified atom stereocenters. The average Bonchev–Trinajstić information content (AvgIpc) is 2.96. The Morgan fingerprint density at radius 2 is 1.96 bits per heavy atom. The van der Waals surface area contributed by atoms with Crippen LogP contribution in [-0.2, 0) is 19.0 Å². The Morgan fingerprint density at radius 3 is 2.48 bits per heavy atom. The normalized spacial score (nSPS) is 15.9. The molecular formula is C18H25ClIN5. The quantitative estimate of drug-likeness (QED) is 0.397. The summed E-state index contributed by atoms with van der Waals surface area (Å²) in [5, 5.41) is 11.8. The van der Waals surface area contributed by atoms with Crippen molar-refractivity contribution in [3.8, 4) is 0 Å². The van der Waals surface area contributed by atoms with Crippen LogP contribution in [0.1, 0.15) is 30.5 Å².